The highest BCUT2D eigenvalue weighted by atomic mass is 32.2. The largest absolute Gasteiger partial charge is 0.493 e. The fourth-order valence-corrected chi connectivity index (χ4v) is 6.24. The molecule has 2 unspecified atom stereocenters. The molecule has 1 aliphatic heterocycles. The van der Waals surface area contributed by atoms with E-state index in [0.29, 0.717) is 41.3 Å². The van der Waals surface area contributed by atoms with Gasteiger partial charge in [0.15, 0.2) is 5.03 Å². The first-order valence-corrected chi connectivity index (χ1v) is 14.6. The summed E-state index contributed by atoms with van der Waals surface area (Å²) in [4.78, 5) is 24.0. The highest BCUT2D eigenvalue weighted by Gasteiger charge is 2.38. The second-order valence-corrected chi connectivity index (χ2v) is 12.3. The maximum Gasteiger partial charge on any atom is 0.281 e. The Morgan fingerprint density at radius 2 is 1.87 bits per heavy atom. The fourth-order valence-electron chi connectivity index (χ4n) is 5.30. The Hall–Kier alpha value is -3.73. The number of carbonyl (C=O) groups is 1. The number of halogens is 1. The first-order valence-electron chi connectivity index (χ1n) is 13.1. The maximum atomic E-state index is 14.5. The number of fused-ring (bicyclic) bond motifs is 1. The van der Waals surface area contributed by atoms with E-state index in [0.717, 1.165) is 25.9 Å². The van der Waals surface area contributed by atoms with Crippen LogP contribution in [0.15, 0.2) is 53.6 Å². The summed E-state index contributed by atoms with van der Waals surface area (Å²) in [5, 5.41) is -0.355. The van der Waals surface area contributed by atoms with E-state index in [2.05, 4.69) is 9.71 Å². The van der Waals surface area contributed by atoms with Crippen LogP contribution < -0.4 is 20.1 Å². The molecule has 0 radical (unpaired) electrons. The van der Waals surface area contributed by atoms with Gasteiger partial charge >= 0.3 is 0 Å². The third-order valence-electron chi connectivity index (χ3n) is 7.14. The molecule has 3 heterocycles. The number of sulfonamides is 1. The number of carbonyl (C=O) groups excluding carboxylic acids is 1. The van der Waals surface area contributed by atoms with Gasteiger partial charge in [0, 0.05) is 24.7 Å². The second kappa shape index (κ2) is 10.8. The van der Waals surface area contributed by atoms with Crippen LogP contribution in [0.2, 0.25) is 0 Å². The lowest BCUT2D eigenvalue weighted by Gasteiger charge is -2.22. The summed E-state index contributed by atoms with van der Waals surface area (Å²) in [6.45, 7) is 5.89. The smallest absolute Gasteiger partial charge is 0.281 e. The van der Waals surface area contributed by atoms with E-state index in [4.69, 9.17) is 15.5 Å². The molecule has 5 rings (SSSR count). The number of ether oxygens (including phenoxy) is 1. The van der Waals surface area contributed by atoms with Crippen molar-refractivity contribution in [2.24, 2.45) is 17.8 Å². The molecule has 206 valence electrons. The molecule has 39 heavy (non-hydrogen) atoms. The first kappa shape index (κ1) is 26.9. The van der Waals surface area contributed by atoms with Crippen molar-refractivity contribution in [3.05, 3.63) is 59.9 Å². The van der Waals surface area contributed by atoms with Crippen molar-refractivity contribution in [3.8, 4) is 17.0 Å². The number of nitrogens with two attached hydrogens (primary N) is 1. The SMILES string of the molecule is CC(C)COc1cc(F)cc(-c2ccc(C(=O)NS(=O)(=O)c3cccc(N)n3)c(N3CC4CCCC4C3)n2)c1. The Bertz CT molecular complexity index is 1490. The molecule has 3 aromatic rings. The first-order chi connectivity index (χ1) is 18.6. The van der Waals surface area contributed by atoms with Gasteiger partial charge in [0.25, 0.3) is 15.9 Å². The number of nitrogens with one attached hydrogen (secondary N) is 1. The number of pyridine rings is 2. The Balaban J connectivity index is 1.50. The van der Waals surface area contributed by atoms with Crippen LogP contribution in [0.5, 0.6) is 5.75 Å². The van der Waals surface area contributed by atoms with Gasteiger partial charge in [-0.15, -0.1) is 0 Å². The lowest BCUT2D eigenvalue weighted by Crippen LogP contribution is -2.33. The summed E-state index contributed by atoms with van der Waals surface area (Å²) in [7, 11) is -4.28. The van der Waals surface area contributed by atoms with E-state index in [9.17, 15) is 17.6 Å². The molecule has 2 aromatic heterocycles. The highest BCUT2D eigenvalue weighted by molar-refractivity contribution is 7.90. The van der Waals surface area contributed by atoms with Crippen molar-refractivity contribution in [1.29, 1.82) is 0 Å². The van der Waals surface area contributed by atoms with Gasteiger partial charge in [-0.1, -0.05) is 26.3 Å². The van der Waals surface area contributed by atoms with Crippen molar-refractivity contribution < 1.29 is 22.3 Å². The molecule has 2 atom stereocenters. The Kier molecular flexibility index (Phi) is 7.44. The molecule has 1 amide bonds. The number of hydrogen-bond acceptors (Lipinski definition) is 8. The fraction of sp³-hybridized carbons (Fsp3) is 0.393. The molecular formula is C28H32FN5O4S. The number of hydrogen-bond donors (Lipinski definition) is 2. The monoisotopic (exact) mass is 553 g/mol. The molecular weight excluding hydrogens is 521 g/mol. The molecule has 0 spiro atoms. The zero-order chi connectivity index (χ0) is 27.7. The van der Waals surface area contributed by atoms with E-state index in [-0.39, 0.29) is 22.3 Å². The van der Waals surface area contributed by atoms with E-state index >= 15 is 0 Å². The van der Waals surface area contributed by atoms with Gasteiger partial charge < -0.3 is 15.4 Å². The maximum absolute atomic E-state index is 14.5. The zero-order valence-electron chi connectivity index (χ0n) is 21.9. The van der Waals surface area contributed by atoms with Gasteiger partial charge in [0.05, 0.1) is 17.9 Å². The second-order valence-electron chi connectivity index (χ2n) is 10.6. The van der Waals surface area contributed by atoms with Gasteiger partial charge in [-0.2, -0.15) is 8.42 Å². The molecule has 3 N–H and O–H groups in total. The zero-order valence-corrected chi connectivity index (χ0v) is 22.7. The van der Waals surface area contributed by atoms with Gasteiger partial charge in [0.1, 0.15) is 23.2 Å². The lowest BCUT2D eigenvalue weighted by molar-refractivity contribution is 0.0981. The molecule has 1 aliphatic carbocycles. The third-order valence-corrected chi connectivity index (χ3v) is 8.38. The number of benzene rings is 1. The summed E-state index contributed by atoms with van der Waals surface area (Å²) in [5.74, 6) is 0.747. The molecule has 0 bridgehead atoms. The van der Waals surface area contributed by atoms with Crippen LogP contribution in [0.4, 0.5) is 16.0 Å². The van der Waals surface area contributed by atoms with Crippen molar-refractivity contribution >= 4 is 27.6 Å². The molecule has 1 aromatic carbocycles. The van der Waals surface area contributed by atoms with Crippen LogP contribution in [-0.2, 0) is 10.0 Å². The number of anilines is 2. The quantitative estimate of drug-likeness (QED) is 0.424. The van der Waals surface area contributed by atoms with Gasteiger partial charge in [-0.25, -0.2) is 19.1 Å². The number of aromatic nitrogens is 2. The minimum absolute atomic E-state index is 0.0208. The van der Waals surface area contributed by atoms with Crippen LogP contribution >= 0.6 is 0 Å². The standard InChI is InChI=1S/C28H32FN5O4S/c1-17(2)16-38-22-12-20(11-21(29)13-22)24-10-9-23(27(31-24)34-14-18-5-3-6-19(18)15-34)28(35)33-39(36,37)26-8-4-7-25(30)32-26/h4,7-13,17-19H,3,5-6,14-16H2,1-2H3,(H2,30,32)(H,33,35). The van der Waals surface area contributed by atoms with Crippen molar-refractivity contribution in [2.75, 3.05) is 30.3 Å². The number of nitrogens with zero attached hydrogens (tertiary/aromatic N) is 3. The average molecular weight is 554 g/mol. The van der Waals surface area contributed by atoms with E-state index in [1.807, 2.05) is 18.7 Å². The Labute approximate surface area is 227 Å². The van der Waals surface area contributed by atoms with Crippen molar-refractivity contribution in [2.45, 2.75) is 38.1 Å². The molecule has 2 fully saturated rings. The predicted molar refractivity (Wildman–Crippen MR) is 146 cm³/mol. The third kappa shape index (κ3) is 5.98. The summed E-state index contributed by atoms with van der Waals surface area (Å²) < 4.78 is 48.1. The average Bonchev–Trinajstić information content (AvgIpc) is 3.49. The highest BCUT2D eigenvalue weighted by Crippen LogP contribution is 2.40. The lowest BCUT2D eigenvalue weighted by atomic mass is 10.0. The van der Waals surface area contributed by atoms with E-state index in [1.54, 1.807) is 12.1 Å². The van der Waals surface area contributed by atoms with Crippen molar-refractivity contribution in [3.63, 3.8) is 0 Å². The minimum atomic E-state index is -4.28. The number of nitrogen functional groups attached to an aromatic ring is 1. The van der Waals surface area contributed by atoms with Crippen LogP contribution in [0, 0.1) is 23.6 Å². The van der Waals surface area contributed by atoms with Gasteiger partial charge in [-0.05, 0) is 67.0 Å². The van der Waals surface area contributed by atoms with E-state index in [1.165, 1.54) is 42.8 Å². The van der Waals surface area contributed by atoms with Gasteiger partial charge in [0.2, 0.25) is 0 Å². The van der Waals surface area contributed by atoms with Crippen LogP contribution in [0.1, 0.15) is 43.5 Å². The minimum Gasteiger partial charge on any atom is -0.493 e. The van der Waals surface area contributed by atoms with Crippen molar-refractivity contribution in [1.82, 2.24) is 14.7 Å². The molecule has 1 saturated carbocycles. The van der Waals surface area contributed by atoms with E-state index < -0.39 is 21.7 Å². The number of amides is 1. The van der Waals surface area contributed by atoms with Crippen LogP contribution in [-0.4, -0.2) is 44.0 Å². The summed E-state index contributed by atoms with van der Waals surface area (Å²) in [6, 6.07) is 11.7. The molecule has 2 aliphatic rings. The molecule has 1 saturated heterocycles. The summed E-state index contributed by atoms with van der Waals surface area (Å²) in [6.07, 6.45) is 3.40. The Morgan fingerprint density at radius 3 is 2.56 bits per heavy atom. The molecule has 9 nitrogen and oxygen atoms in total. The topological polar surface area (TPSA) is 128 Å². The number of rotatable bonds is 8. The van der Waals surface area contributed by atoms with Gasteiger partial charge in [-0.3, -0.25) is 4.79 Å². The summed E-state index contributed by atoms with van der Waals surface area (Å²) >= 11 is 0. The predicted octanol–water partition coefficient (Wildman–Crippen LogP) is 4.25. The van der Waals surface area contributed by atoms with Crippen LogP contribution in [0.3, 0.4) is 0 Å². The summed E-state index contributed by atoms with van der Waals surface area (Å²) in [5.41, 5.74) is 6.69. The normalized spacial score (nSPS) is 18.8. The van der Waals surface area contributed by atoms with Crippen LogP contribution in [0.25, 0.3) is 11.3 Å². The Morgan fingerprint density at radius 1 is 1.13 bits per heavy atom. The molecule has 11 heteroatoms.